The maximum absolute atomic E-state index is 13.7. The Morgan fingerprint density at radius 3 is 2.23 bits per heavy atom. The molecule has 31 heavy (non-hydrogen) atoms. The van der Waals surface area contributed by atoms with Gasteiger partial charge in [0.1, 0.15) is 5.60 Å². The maximum Gasteiger partial charge on any atom is 0.338 e. The maximum atomic E-state index is 13.7. The van der Waals surface area contributed by atoms with Gasteiger partial charge in [0.25, 0.3) is 0 Å². The molecule has 0 aromatic heterocycles. The highest BCUT2D eigenvalue weighted by Crippen LogP contribution is 2.72. The van der Waals surface area contributed by atoms with Crippen molar-refractivity contribution >= 4 is 16.0 Å². The third-order valence-electron chi connectivity index (χ3n) is 7.66. The van der Waals surface area contributed by atoms with Gasteiger partial charge >= 0.3 is 5.97 Å². The van der Waals surface area contributed by atoms with Crippen LogP contribution >= 0.6 is 0 Å². The first-order valence-electron chi connectivity index (χ1n) is 11.5. The molecule has 0 N–H and O–H groups in total. The zero-order chi connectivity index (χ0) is 23.6. The molecule has 180 valence electrons. The summed E-state index contributed by atoms with van der Waals surface area (Å²) in [6, 6.07) is -0.280. The normalized spacial score (nSPS) is 35.1. The molecule has 0 amide bonds. The van der Waals surface area contributed by atoms with Crippen LogP contribution in [0.1, 0.15) is 81.6 Å². The third-order valence-corrected chi connectivity index (χ3v) is 10.00. The third kappa shape index (κ3) is 3.96. The van der Waals surface area contributed by atoms with Crippen LogP contribution in [0, 0.1) is 16.7 Å². The molecule has 1 saturated heterocycles. The Balaban J connectivity index is 1.96. The number of hydrogen-bond donors (Lipinski definition) is 0. The Morgan fingerprint density at radius 1 is 1.16 bits per heavy atom. The number of sulfonamides is 1. The lowest BCUT2D eigenvalue weighted by molar-refractivity contribution is -0.246. The average Bonchev–Trinajstić information content (AvgIpc) is 3.12. The van der Waals surface area contributed by atoms with Crippen LogP contribution in [-0.2, 0) is 29.0 Å². The predicted octanol–water partition coefficient (Wildman–Crippen LogP) is 3.71. The molecule has 7 nitrogen and oxygen atoms in total. The molecule has 0 aromatic carbocycles. The summed E-state index contributed by atoms with van der Waals surface area (Å²) in [7, 11) is -3.59. The number of ether oxygens (including phenoxy) is 3. The lowest BCUT2D eigenvalue weighted by Gasteiger charge is -2.48. The number of carbonyl (C=O) groups excluding carboxylic acids is 1. The van der Waals surface area contributed by atoms with Crippen molar-refractivity contribution < 1.29 is 27.4 Å². The number of hydrogen-bond acceptors (Lipinski definition) is 6. The van der Waals surface area contributed by atoms with E-state index in [4.69, 9.17) is 14.2 Å². The molecular weight excluding hydrogens is 418 g/mol. The molecule has 2 bridgehead atoms. The number of fused-ring (bicyclic) bond motifs is 3. The van der Waals surface area contributed by atoms with Gasteiger partial charge in [-0.3, -0.25) is 0 Å². The first kappa shape index (κ1) is 24.9. The lowest BCUT2D eigenvalue weighted by atomic mass is 9.68. The molecule has 1 heterocycles. The second-order valence-electron chi connectivity index (χ2n) is 11.7. The van der Waals surface area contributed by atoms with Gasteiger partial charge in [-0.2, -0.15) is 4.31 Å². The fraction of sp³-hybridized carbons (Fsp3) is 0.957. The van der Waals surface area contributed by atoms with Gasteiger partial charge in [-0.1, -0.05) is 13.8 Å². The van der Waals surface area contributed by atoms with Crippen molar-refractivity contribution in [1.82, 2.24) is 4.31 Å². The van der Waals surface area contributed by atoms with Gasteiger partial charge in [0.15, 0.2) is 11.9 Å². The van der Waals surface area contributed by atoms with Crippen molar-refractivity contribution in [3.63, 3.8) is 0 Å². The summed E-state index contributed by atoms with van der Waals surface area (Å²) in [4.78, 5) is 12.7. The van der Waals surface area contributed by atoms with Crippen LogP contribution in [0.25, 0.3) is 0 Å². The molecule has 2 saturated carbocycles. The van der Waals surface area contributed by atoms with Crippen LogP contribution in [0.3, 0.4) is 0 Å². The molecule has 8 heteroatoms. The van der Waals surface area contributed by atoms with E-state index in [9.17, 15) is 13.2 Å². The molecule has 0 aromatic rings. The van der Waals surface area contributed by atoms with E-state index in [-0.39, 0.29) is 35.8 Å². The summed E-state index contributed by atoms with van der Waals surface area (Å²) in [6.45, 7) is 17.4. The standard InChI is InChI=1S/C23H41NO6S/c1-15(2)24(16(3)4)31(26,27)14-22-11-10-17(21(22,8)9)12-23(22)28-13-18(29-23)19(25)30-20(5,6)7/h15-18H,10-14H2,1-9H3/t17-,18+,22+,23?/m1/s1. The van der Waals surface area contributed by atoms with Gasteiger partial charge in [-0.05, 0) is 72.6 Å². The van der Waals surface area contributed by atoms with E-state index in [2.05, 4.69) is 13.8 Å². The zero-order valence-corrected chi connectivity index (χ0v) is 21.5. The van der Waals surface area contributed by atoms with Gasteiger partial charge in [0, 0.05) is 23.9 Å². The number of esters is 1. The van der Waals surface area contributed by atoms with E-state index in [1.807, 2.05) is 48.5 Å². The topological polar surface area (TPSA) is 82.1 Å². The van der Waals surface area contributed by atoms with Gasteiger partial charge in [0.05, 0.1) is 12.4 Å². The van der Waals surface area contributed by atoms with E-state index in [1.165, 1.54) is 0 Å². The minimum absolute atomic E-state index is 0.0408. The van der Waals surface area contributed by atoms with E-state index in [0.717, 1.165) is 6.42 Å². The molecule has 1 aliphatic heterocycles. The summed E-state index contributed by atoms with van der Waals surface area (Å²) in [6.07, 6.45) is 1.42. The molecule has 1 spiro atoms. The second-order valence-corrected chi connectivity index (χ2v) is 13.6. The highest BCUT2D eigenvalue weighted by atomic mass is 32.2. The SMILES string of the molecule is CC(C)N(C(C)C)S(=O)(=O)C[C@]12CC[C@H](CC13OC[C@@H](C(=O)OC(C)(C)C)O3)C2(C)C. The van der Waals surface area contributed by atoms with Crippen LogP contribution < -0.4 is 0 Å². The van der Waals surface area contributed by atoms with Crippen LogP contribution in [0.5, 0.6) is 0 Å². The van der Waals surface area contributed by atoms with Crippen LogP contribution in [0.4, 0.5) is 0 Å². The van der Waals surface area contributed by atoms with E-state index in [1.54, 1.807) is 4.31 Å². The lowest BCUT2D eigenvalue weighted by Crippen LogP contribution is -2.57. The summed E-state index contributed by atoms with van der Waals surface area (Å²) >= 11 is 0. The fourth-order valence-electron chi connectivity index (χ4n) is 6.40. The minimum atomic E-state index is -3.59. The molecule has 3 fully saturated rings. The van der Waals surface area contributed by atoms with E-state index >= 15 is 0 Å². The molecule has 4 atom stereocenters. The highest BCUT2D eigenvalue weighted by Gasteiger charge is 2.76. The van der Waals surface area contributed by atoms with Crippen molar-refractivity contribution in [3.8, 4) is 0 Å². The summed E-state index contributed by atoms with van der Waals surface area (Å²) in [5.41, 5.74) is -1.63. The highest BCUT2D eigenvalue weighted by molar-refractivity contribution is 7.89. The van der Waals surface area contributed by atoms with Gasteiger partial charge in [-0.25, -0.2) is 13.2 Å². The molecule has 0 radical (unpaired) electrons. The molecule has 3 rings (SSSR count). The Bertz CT molecular complexity index is 806. The number of rotatable bonds is 6. The van der Waals surface area contributed by atoms with Crippen LogP contribution in [0.2, 0.25) is 0 Å². The number of carbonyl (C=O) groups is 1. The average molecular weight is 460 g/mol. The summed E-state index contributed by atoms with van der Waals surface area (Å²) in [5, 5.41) is 0. The Kier molecular flexibility index (Phi) is 6.17. The molecule has 1 unspecified atom stereocenters. The monoisotopic (exact) mass is 459 g/mol. The fourth-order valence-corrected chi connectivity index (χ4v) is 9.19. The first-order chi connectivity index (χ1) is 14.0. The quantitative estimate of drug-likeness (QED) is 0.563. The zero-order valence-electron chi connectivity index (χ0n) is 20.6. The molecule has 2 aliphatic carbocycles. The Hall–Kier alpha value is -0.700. The van der Waals surface area contributed by atoms with Gasteiger partial charge < -0.3 is 14.2 Å². The van der Waals surface area contributed by atoms with Gasteiger partial charge in [0.2, 0.25) is 10.0 Å². The van der Waals surface area contributed by atoms with Crippen LogP contribution in [0.15, 0.2) is 0 Å². The second kappa shape index (κ2) is 7.67. The largest absolute Gasteiger partial charge is 0.458 e. The smallest absolute Gasteiger partial charge is 0.338 e. The Labute approximate surface area is 188 Å². The summed E-state index contributed by atoms with van der Waals surface area (Å²) in [5.74, 6) is -1.28. The van der Waals surface area contributed by atoms with Crippen molar-refractivity contribution in [2.75, 3.05) is 12.4 Å². The first-order valence-corrected chi connectivity index (χ1v) is 13.1. The van der Waals surface area contributed by atoms with Crippen molar-refractivity contribution in [1.29, 1.82) is 0 Å². The number of nitrogens with zero attached hydrogens (tertiary/aromatic N) is 1. The summed E-state index contributed by atoms with van der Waals surface area (Å²) < 4.78 is 47.1. The van der Waals surface area contributed by atoms with Gasteiger partial charge in [-0.15, -0.1) is 0 Å². The molecule has 3 aliphatic rings. The Morgan fingerprint density at radius 2 is 1.74 bits per heavy atom. The minimum Gasteiger partial charge on any atom is -0.458 e. The predicted molar refractivity (Wildman–Crippen MR) is 119 cm³/mol. The van der Waals surface area contributed by atoms with Crippen molar-refractivity contribution in [3.05, 3.63) is 0 Å². The van der Waals surface area contributed by atoms with Crippen molar-refractivity contribution in [2.45, 2.75) is 111 Å². The van der Waals surface area contributed by atoms with E-state index in [0.29, 0.717) is 12.8 Å². The van der Waals surface area contributed by atoms with E-state index < -0.39 is 38.9 Å². The van der Waals surface area contributed by atoms with Crippen LogP contribution in [-0.4, -0.2) is 60.6 Å². The van der Waals surface area contributed by atoms with Crippen molar-refractivity contribution in [2.24, 2.45) is 16.7 Å². The molecular formula is C23H41NO6S.